The minimum Gasteiger partial charge on any atom is -0.497 e. The summed E-state index contributed by atoms with van der Waals surface area (Å²) in [5, 5.41) is 26.0. The maximum Gasteiger partial charge on any atom is 0.306 e. The van der Waals surface area contributed by atoms with Crippen LogP contribution in [0.25, 0.3) is 0 Å². The Balaban J connectivity index is 1.15. The molecule has 3 fully saturated rings. The topological polar surface area (TPSA) is 139 Å². The van der Waals surface area contributed by atoms with Crippen LogP contribution >= 0.6 is 0 Å². The molecule has 226 valence electrons. The quantitative estimate of drug-likeness (QED) is 0.379. The normalized spacial score (nSPS) is 34.9. The zero-order valence-electron chi connectivity index (χ0n) is 24.6. The highest BCUT2D eigenvalue weighted by Gasteiger charge is 2.68. The van der Waals surface area contributed by atoms with E-state index in [0.717, 1.165) is 24.0 Å². The number of aliphatic hydroxyl groups excluding tert-OH is 1. The number of amides is 1. The highest BCUT2D eigenvalue weighted by molar-refractivity contribution is 6.01. The van der Waals surface area contributed by atoms with Gasteiger partial charge in [0.25, 0.3) is 0 Å². The first-order chi connectivity index (χ1) is 19.9. The summed E-state index contributed by atoms with van der Waals surface area (Å²) >= 11 is 0. The van der Waals surface area contributed by atoms with Crippen molar-refractivity contribution in [1.29, 1.82) is 0 Å². The molecule has 0 unspecified atom stereocenters. The Kier molecular flexibility index (Phi) is 8.20. The first-order valence-corrected chi connectivity index (χ1v) is 14.8. The molecular formula is C33H41NO8. The Morgan fingerprint density at radius 2 is 1.83 bits per heavy atom. The molecule has 42 heavy (non-hydrogen) atoms. The van der Waals surface area contributed by atoms with Crippen LogP contribution in [0, 0.1) is 28.6 Å². The van der Waals surface area contributed by atoms with Crippen LogP contribution < -0.4 is 10.1 Å². The summed E-state index contributed by atoms with van der Waals surface area (Å²) < 4.78 is 10.3. The predicted molar refractivity (Wildman–Crippen MR) is 153 cm³/mol. The van der Waals surface area contributed by atoms with Crippen molar-refractivity contribution in [2.45, 2.75) is 77.0 Å². The van der Waals surface area contributed by atoms with Crippen molar-refractivity contribution < 1.29 is 38.9 Å². The number of carbonyl (C=O) groups is 4. The zero-order valence-corrected chi connectivity index (χ0v) is 24.6. The van der Waals surface area contributed by atoms with Gasteiger partial charge in [0.15, 0.2) is 12.4 Å². The van der Waals surface area contributed by atoms with E-state index >= 15 is 0 Å². The summed E-state index contributed by atoms with van der Waals surface area (Å²) in [7, 11) is 1.58. The van der Waals surface area contributed by atoms with Crippen LogP contribution in [-0.4, -0.2) is 59.1 Å². The molecule has 1 aromatic rings. The van der Waals surface area contributed by atoms with Crippen molar-refractivity contribution in [1.82, 2.24) is 5.32 Å². The number of ether oxygens (including phenoxy) is 2. The van der Waals surface area contributed by atoms with Gasteiger partial charge < -0.3 is 25.0 Å². The molecule has 0 saturated heterocycles. The third-order valence-electron chi connectivity index (χ3n) is 10.7. The molecular weight excluding hydrogens is 538 g/mol. The molecule has 1 aromatic carbocycles. The third-order valence-corrected chi connectivity index (χ3v) is 10.7. The van der Waals surface area contributed by atoms with Crippen LogP contribution in [0.15, 0.2) is 48.1 Å². The monoisotopic (exact) mass is 579 g/mol. The minimum absolute atomic E-state index is 0.00866. The fraction of sp³-hybridized carbons (Fsp3) is 0.576. The van der Waals surface area contributed by atoms with Crippen molar-refractivity contribution in [3.05, 3.63) is 53.6 Å². The maximum absolute atomic E-state index is 13.4. The van der Waals surface area contributed by atoms with E-state index in [-0.39, 0.29) is 55.1 Å². The number of ketones is 2. The summed E-state index contributed by atoms with van der Waals surface area (Å²) in [5.74, 6) is -0.899. The van der Waals surface area contributed by atoms with E-state index < -0.39 is 40.9 Å². The van der Waals surface area contributed by atoms with Crippen molar-refractivity contribution in [3.63, 3.8) is 0 Å². The predicted octanol–water partition coefficient (Wildman–Crippen LogP) is 3.21. The standard InChI is InChI=1S/C33H41NO8/c1-31-14-12-22(35)16-21(31)6-9-24-25-13-15-33(40,32(25,2)17-26(36)30(24)31)27(37)19-42-29(39)11-10-28(38)34-18-20-4-7-23(41-3)8-5-20/h4-5,7-8,12,14,16,24-26,30,36,40H,6,9-11,13,15,17-19H2,1-3H3,(H,34,38)/t24-,25+,26+,30+,31-,32-,33-/m0/s1. The van der Waals surface area contributed by atoms with Crippen molar-refractivity contribution in [2.75, 3.05) is 13.7 Å². The van der Waals surface area contributed by atoms with E-state index in [0.29, 0.717) is 18.7 Å². The number of benzene rings is 1. The van der Waals surface area contributed by atoms with Gasteiger partial charge in [0.1, 0.15) is 11.4 Å². The number of hydrogen-bond donors (Lipinski definition) is 3. The van der Waals surface area contributed by atoms with Crippen LogP contribution in [0.5, 0.6) is 5.75 Å². The van der Waals surface area contributed by atoms with Crippen molar-refractivity contribution >= 4 is 23.4 Å². The first-order valence-electron chi connectivity index (χ1n) is 14.8. The maximum atomic E-state index is 13.4. The summed E-state index contributed by atoms with van der Waals surface area (Å²) in [5.41, 5.74) is -1.10. The van der Waals surface area contributed by atoms with Crippen LogP contribution in [0.1, 0.15) is 64.4 Å². The number of nitrogens with one attached hydrogen (secondary N) is 1. The zero-order chi connectivity index (χ0) is 30.3. The molecule has 0 bridgehead atoms. The number of hydrogen-bond acceptors (Lipinski definition) is 8. The number of allylic oxidation sites excluding steroid dienone is 4. The number of rotatable bonds is 9. The Bertz CT molecular complexity index is 1320. The SMILES string of the molecule is COc1ccc(CNC(=O)CCC(=O)OCC(=O)[C@@]2(O)CC[C@@H]3[C@@H]4CCC5=CC(=O)C=C[C@]5(C)[C@H]4[C@H](O)C[C@@]32C)cc1. The van der Waals surface area contributed by atoms with Gasteiger partial charge in [-0.05, 0) is 73.8 Å². The van der Waals surface area contributed by atoms with Gasteiger partial charge in [-0.25, -0.2) is 0 Å². The summed E-state index contributed by atoms with van der Waals surface area (Å²) in [6.45, 7) is 3.69. The van der Waals surface area contributed by atoms with Crippen molar-refractivity contribution in [3.8, 4) is 5.75 Å². The molecule has 0 aliphatic heterocycles. The molecule has 0 spiro atoms. The minimum atomic E-state index is -1.73. The average Bonchev–Trinajstić information content (AvgIpc) is 3.24. The number of carbonyl (C=O) groups excluding carboxylic acids is 4. The average molecular weight is 580 g/mol. The Morgan fingerprint density at radius 3 is 2.55 bits per heavy atom. The number of Topliss-reactive ketones (excluding diaryl/α,β-unsaturated/α-hetero) is 1. The Labute approximate surface area is 246 Å². The van der Waals surface area contributed by atoms with Gasteiger partial charge >= 0.3 is 5.97 Å². The second kappa shape index (κ2) is 11.4. The molecule has 9 nitrogen and oxygen atoms in total. The molecule has 0 heterocycles. The third kappa shape index (κ3) is 5.22. The molecule has 1 amide bonds. The van der Waals surface area contributed by atoms with E-state index in [1.54, 1.807) is 31.4 Å². The molecule has 3 saturated carbocycles. The van der Waals surface area contributed by atoms with Gasteiger partial charge in [0.2, 0.25) is 11.7 Å². The molecule has 5 rings (SSSR count). The Hall–Kier alpha value is -3.30. The molecule has 9 heteroatoms. The molecule has 7 atom stereocenters. The molecule has 0 radical (unpaired) electrons. The van der Waals surface area contributed by atoms with Crippen LogP contribution in [0.4, 0.5) is 0 Å². The lowest BCUT2D eigenvalue weighted by Gasteiger charge is -2.59. The summed E-state index contributed by atoms with van der Waals surface area (Å²) in [6, 6.07) is 7.26. The van der Waals surface area contributed by atoms with Crippen LogP contribution in [0.3, 0.4) is 0 Å². The molecule has 4 aliphatic carbocycles. The number of aliphatic hydroxyl groups is 2. The van der Waals surface area contributed by atoms with E-state index in [2.05, 4.69) is 12.2 Å². The van der Waals surface area contributed by atoms with Gasteiger partial charge in [0.05, 0.1) is 19.6 Å². The van der Waals surface area contributed by atoms with E-state index in [1.807, 2.05) is 25.1 Å². The fourth-order valence-corrected chi connectivity index (χ4v) is 8.37. The van der Waals surface area contributed by atoms with Gasteiger partial charge in [-0.1, -0.05) is 37.6 Å². The molecule has 3 N–H and O–H groups in total. The highest BCUT2D eigenvalue weighted by Crippen LogP contribution is 2.67. The second-order valence-electron chi connectivity index (χ2n) is 12.8. The smallest absolute Gasteiger partial charge is 0.306 e. The lowest BCUT2D eigenvalue weighted by atomic mass is 9.46. The number of fused-ring (bicyclic) bond motifs is 5. The number of methoxy groups -OCH3 is 1. The fourth-order valence-electron chi connectivity index (χ4n) is 8.37. The Morgan fingerprint density at radius 1 is 1.10 bits per heavy atom. The van der Waals surface area contributed by atoms with Crippen LogP contribution in [0.2, 0.25) is 0 Å². The largest absolute Gasteiger partial charge is 0.497 e. The van der Waals surface area contributed by atoms with Gasteiger partial charge in [0, 0.05) is 29.7 Å². The highest BCUT2D eigenvalue weighted by atomic mass is 16.5. The molecule has 4 aliphatic rings. The lowest BCUT2D eigenvalue weighted by molar-refractivity contribution is -0.181. The van der Waals surface area contributed by atoms with Crippen molar-refractivity contribution in [2.24, 2.45) is 28.6 Å². The van der Waals surface area contributed by atoms with Gasteiger partial charge in [-0.2, -0.15) is 0 Å². The van der Waals surface area contributed by atoms with E-state index in [4.69, 9.17) is 9.47 Å². The van der Waals surface area contributed by atoms with Gasteiger partial charge in [-0.3, -0.25) is 19.2 Å². The number of esters is 1. The van der Waals surface area contributed by atoms with E-state index in [9.17, 15) is 29.4 Å². The lowest BCUT2D eigenvalue weighted by Crippen LogP contribution is -2.61. The van der Waals surface area contributed by atoms with Gasteiger partial charge in [-0.15, -0.1) is 0 Å². The summed E-state index contributed by atoms with van der Waals surface area (Å²) in [6.07, 6.45) is 6.81. The first kappa shape index (κ1) is 30.2. The molecule has 0 aromatic heterocycles. The second-order valence-corrected chi connectivity index (χ2v) is 12.8. The summed E-state index contributed by atoms with van der Waals surface area (Å²) in [4.78, 5) is 50.0. The van der Waals surface area contributed by atoms with E-state index in [1.165, 1.54) is 0 Å². The van der Waals surface area contributed by atoms with Crippen LogP contribution in [-0.2, 0) is 30.5 Å².